The van der Waals surface area contributed by atoms with E-state index < -0.39 is 0 Å². The lowest BCUT2D eigenvalue weighted by atomic mass is 9.89. The smallest absolute Gasteiger partial charge is 0.239 e. The Morgan fingerprint density at radius 3 is 2.88 bits per heavy atom. The monoisotopic (exact) mass is 262 g/mol. The fourth-order valence-electron chi connectivity index (χ4n) is 2.76. The van der Waals surface area contributed by atoms with Crippen molar-refractivity contribution in [3.63, 3.8) is 0 Å². The zero-order chi connectivity index (χ0) is 11.5. The van der Waals surface area contributed by atoms with Gasteiger partial charge in [-0.15, -0.1) is 12.4 Å². The maximum Gasteiger partial charge on any atom is 0.239 e. The van der Waals surface area contributed by atoms with Crippen molar-refractivity contribution in [3.8, 4) is 0 Å². The van der Waals surface area contributed by atoms with Gasteiger partial charge in [0.1, 0.15) is 0 Å². The molecule has 0 bridgehead atoms. The van der Waals surface area contributed by atoms with Crippen molar-refractivity contribution in [3.05, 3.63) is 0 Å². The maximum atomic E-state index is 12.1. The predicted molar refractivity (Wildman–Crippen MR) is 69.2 cm³/mol. The second-order valence-corrected chi connectivity index (χ2v) is 4.81. The first-order chi connectivity index (χ1) is 7.74. The zero-order valence-corrected chi connectivity index (χ0v) is 11.2. The molecule has 2 unspecified atom stereocenters. The number of nitrogens with zero attached hydrogens (tertiary/aromatic N) is 1. The van der Waals surface area contributed by atoms with Crippen LogP contribution >= 0.6 is 12.4 Å². The van der Waals surface area contributed by atoms with Crippen LogP contribution < -0.4 is 5.73 Å². The predicted octanol–water partition coefficient (Wildman–Crippen LogP) is 1.32. The number of rotatable bonds is 2. The zero-order valence-electron chi connectivity index (χ0n) is 10.4. The second kappa shape index (κ2) is 6.57. The number of fused-ring (bicyclic) bond motifs is 1. The Bertz CT molecular complexity index is 261. The van der Waals surface area contributed by atoms with E-state index in [1.54, 1.807) is 0 Å². The van der Waals surface area contributed by atoms with Gasteiger partial charge in [0.2, 0.25) is 5.91 Å². The Labute approximate surface area is 109 Å². The van der Waals surface area contributed by atoms with Crippen molar-refractivity contribution < 1.29 is 9.53 Å². The minimum absolute atomic E-state index is 0. The van der Waals surface area contributed by atoms with E-state index in [2.05, 4.69) is 0 Å². The van der Waals surface area contributed by atoms with Crippen molar-refractivity contribution in [2.24, 2.45) is 5.73 Å². The Kier molecular flexibility index (Phi) is 5.70. The van der Waals surface area contributed by atoms with Gasteiger partial charge in [-0.05, 0) is 19.3 Å². The summed E-state index contributed by atoms with van der Waals surface area (Å²) in [6, 6.07) is -0.0479. The number of nitrogens with two attached hydrogens (primary N) is 1. The summed E-state index contributed by atoms with van der Waals surface area (Å²) in [5.41, 5.74) is 5.84. The van der Waals surface area contributed by atoms with Gasteiger partial charge in [-0.2, -0.15) is 0 Å². The summed E-state index contributed by atoms with van der Waals surface area (Å²) in [7, 11) is 0. The van der Waals surface area contributed by atoms with Crippen LogP contribution in [0.4, 0.5) is 0 Å². The quantitative estimate of drug-likeness (QED) is 0.817. The third-order valence-corrected chi connectivity index (χ3v) is 3.77. The molecule has 100 valence electrons. The van der Waals surface area contributed by atoms with E-state index in [0.717, 1.165) is 12.8 Å². The SMILES string of the molecule is CC[C@H](N)C(=O)N1CCOC2CCCCC21.Cl. The van der Waals surface area contributed by atoms with Crippen molar-refractivity contribution in [2.75, 3.05) is 13.2 Å². The summed E-state index contributed by atoms with van der Waals surface area (Å²) in [6.07, 6.45) is 5.57. The van der Waals surface area contributed by atoms with Crippen LogP contribution in [0.2, 0.25) is 0 Å². The average Bonchev–Trinajstić information content (AvgIpc) is 2.36. The Morgan fingerprint density at radius 2 is 2.18 bits per heavy atom. The van der Waals surface area contributed by atoms with Gasteiger partial charge in [-0.25, -0.2) is 0 Å². The van der Waals surface area contributed by atoms with Gasteiger partial charge in [-0.3, -0.25) is 4.79 Å². The fraction of sp³-hybridized carbons (Fsp3) is 0.917. The minimum Gasteiger partial charge on any atom is -0.374 e. The standard InChI is InChI=1S/C12H22N2O2.ClH/c1-2-9(13)12(15)14-7-8-16-11-6-4-3-5-10(11)14;/h9-11H,2-8,13H2,1H3;1H/t9-,10?,11?;/m0./s1. The molecule has 3 atom stereocenters. The number of hydrogen-bond acceptors (Lipinski definition) is 3. The first kappa shape index (κ1) is 14.7. The minimum atomic E-state index is -0.333. The molecule has 0 aromatic rings. The van der Waals surface area contributed by atoms with Crippen molar-refractivity contribution in [1.29, 1.82) is 0 Å². The van der Waals surface area contributed by atoms with Gasteiger partial charge in [0.25, 0.3) is 0 Å². The van der Waals surface area contributed by atoms with Crippen LogP contribution in [0.25, 0.3) is 0 Å². The molecule has 0 radical (unpaired) electrons. The lowest BCUT2D eigenvalue weighted by molar-refractivity contribution is -0.150. The fourth-order valence-corrected chi connectivity index (χ4v) is 2.76. The highest BCUT2D eigenvalue weighted by molar-refractivity contribution is 5.85. The first-order valence-electron chi connectivity index (χ1n) is 6.41. The molecule has 0 spiro atoms. The molecule has 17 heavy (non-hydrogen) atoms. The third-order valence-electron chi connectivity index (χ3n) is 3.77. The molecule has 0 aromatic carbocycles. The molecule has 2 fully saturated rings. The molecule has 1 saturated heterocycles. The molecule has 0 aromatic heterocycles. The van der Waals surface area contributed by atoms with E-state index in [9.17, 15) is 4.79 Å². The van der Waals surface area contributed by atoms with Gasteiger partial charge in [-0.1, -0.05) is 19.8 Å². The van der Waals surface area contributed by atoms with Crippen molar-refractivity contribution >= 4 is 18.3 Å². The highest BCUT2D eigenvalue weighted by Gasteiger charge is 2.37. The first-order valence-corrected chi connectivity index (χ1v) is 6.41. The summed E-state index contributed by atoms with van der Waals surface area (Å²) < 4.78 is 5.74. The van der Waals surface area contributed by atoms with Crippen LogP contribution in [0.1, 0.15) is 39.0 Å². The molecule has 2 N–H and O–H groups in total. The van der Waals surface area contributed by atoms with E-state index in [0.29, 0.717) is 19.6 Å². The lowest BCUT2D eigenvalue weighted by Crippen LogP contribution is -2.58. The number of morpholine rings is 1. The summed E-state index contributed by atoms with van der Waals surface area (Å²) in [5, 5.41) is 0. The van der Waals surface area contributed by atoms with Gasteiger partial charge in [0.15, 0.2) is 0 Å². The summed E-state index contributed by atoms with van der Waals surface area (Å²) in [5.74, 6) is 0.114. The molecular weight excluding hydrogens is 240 g/mol. The highest BCUT2D eigenvalue weighted by atomic mass is 35.5. The molecule has 2 rings (SSSR count). The van der Waals surface area contributed by atoms with E-state index in [1.807, 2.05) is 11.8 Å². The molecule has 1 amide bonds. The van der Waals surface area contributed by atoms with Crippen molar-refractivity contribution in [1.82, 2.24) is 4.90 Å². The van der Waals surface area contributed by atoms with Crippen LogP contribution in [0.3, 0.4) is 0 Å². The number of ether oxygens (including phenoxy) is 1. The van der Waals surface area contributed by atoms with Gasteiger partial charge >= 0.3 is 0 Å². The second-order valence-electron chi connectivity index (χ2n) is 4.81. The lowest BCUT2D eigenvalue weighted by Gasteiger charge is -2.44. The Balaban J connectivity index is 0.00000144. The normalized spacial score (nSPS) is 30.1. The Morgan fingerprint density at radius 1 is 1.47 bits per heavy atom. The molecule has 1 heterocycles. The molecule has 1 aliphatic heterocycles. The summed E-state index contributed by atoms with van der Waals surface area (Å²) in [4.78, 5) is 14.1. The van der Waals surface area contributed by atoms with Crippen LogP contribution in [-0.2, 0) is 9.53 Å². The van der Waals surface area contributed by atoms with Crippen molar-refractivity contribution in [2.45, 2.75) is 57.2 Å². The number of hydrogen-bond donors (Lipinski definition) is 1. The molecule has 4 nitrogen and oxygen atoms in total. The summed E-state index contributed by atoms with van der Waals surface area (Å²) >= 11 is 0. The highest BCUT2D eigenvalue weighted by Crippen LogP contribution is 2.28. The molecule has 1 aliphatic carbocycles. The van der Waals surface area contributed by atoms with E-state index in [4.69, 9.17) is 10.5 Å². The van der Waals surface area contributed by atoms with Crippen LogP contribution in [0.5, 0.6) is 0 Å². The van der Waals surface area contributed by atoms with Crippen LogP contribution in [0, 0.1) is 0 Å². The molecule has 1 saturated carbocycles. The largest absolute Gasteiger partial charge is 0.374 e. The number of amides is 1. The summed E-state index contributed by atoms with van der Waals surface area (Å²) in [6.45, 7) is 3.35. The average molecular weight is 263 g/mol. The molecular formula is C12H23ClN2O2. The molecule has 2 aliphatic rings. The van der Waals surface area contributed by atoms with Crippen LogP contribution in [0.15, 0.2) is 0 Å². The van der Waals surface area contributed by atoms with Gasteiger partial charge in [0, 0.05) is 6.54 Å². The number of halogens is 1. The van der Waals surface area contributed by atoms with E-state index >= 15 is 0 Å². The number of carbonyl (C=O) groups excluding carboxylic acids is 1. The van der Waals surface area contributed by atoms with Gasteiger partial charge < -0.3 is 15.4 Å². The van der Waals surface area contributed by atoms with Gasteiger partial charge in [0.05, 0.1) is 24.8 Å². The topological polar surface area (TPSA) is 55.6 Å². The van der Waals surface area contributed by atoms with E-state index in [-0.39, 0.29) is 36.5 Å². The molecule has 5 heteroatoms. The Hall–Kier alpha value is -0.320. The maximum absolute atomic E-state index is 12.1. The van der Waals surface area contributed by atoms with E-state index in [1.165, 1.54) is 12.8 Å². The van der Waals surface area contributed by atoms with Crippen LogP contribution in [-0.4, -0.2) is 42.1 Å². The number of carbonyl (C=O) groups is 1. The third kappa shape index (κ3) is 3.12.